The van der Waals surface area contributed by atoms with E-state index in [2.05, 4.69) is 44.6 Å². The van der Waals surface area contributed by atoms with Gasteiger partial charge in [-0.3, -0.25) is 4.90 Å². The predicted molar refractivity (Wildman–Crippen MR) is 76.4 cm³/mol. The van der Waals surface area contributed by atoms with Crippen LogP contribution in [0.25, 0.3) is 0 Å². The predicted octanol–water partition coefficient (Wildman–Crippen LogP) is 3.20. The van der Waals surface area contributed by atoms with E-state index in [9.17, 15) is 0 Å². The van der Waals surface area contributed by atoms with Crippen LogP contribution in [0, 0.1) is 0 Å². The molecule has 0 aromatic carbocycles. The average molecular weight is 238 g/mol. The molecule has 0 amide bonds. The van der Waals surface area contributed by atoms with Gasteiger partial charge >= 0.3 is 0 Å². The molecule has 1 N–H and O–H groups in total. The number of hydrogen-bond donors (Lipinski definition) is 1. The molecule has 0 aromatic rings. The van der Waals surface area contributed by atoms with Gasteiger partial charge < -0.3 is 5.32 Å². The van der Waals surface area contributed by atoms with E-state index in [0.29, 0.717) is 6.04 Å². The van der Waals surface area contributed by atoms with Crippen LogP contribution >= 0.6 is 0 Å². The Morgan fingerprint density at radius 2 is 1.88 bits per heavy atom. The minimum absolute atomic E-state index is 0.255. The number of nitrogens with one attached hydrogen (secondary N) is 1. The fraction of sp³-hybridized carbons (Fsp3) is 0.867. The van der Waals surface area contributed by atoms with Gasteiger partial charge in [-0.15, -0.1) is 6.58 Å². The molecule has 0 spiro atoms. The molecule has 0 bridgehead atoms. The first-order chi connectivity index (χ1) is 7.98. The molecule has 1 heterocycles. The first-order valence-corrected chi connectivity index (χ1v) is 7.05. The molecule has 1 atom stereocenters. The van der Waals surface area contributed by atoms with Crippen molar-refractivity contribution in [3.63, 3.8) is 0 Å². The molecule has 0 aliphatic carbocycles. The quantitative estimate of drug-likeness (QED) is 0.715. The van der Waals surface area contributed by atoms with Crippen molar-refractivity contribution >= 4 is 0 Å². The fourth-order valence-corrected chi connectivity index (χ4v) is 2.93. The first kappa shape index (κ1) is 14.7. The van der Waals surface area contributed by atoms with E-state index in [0.717, 1.165) is 6.42 Å². The number of allylic oxidation sites excluding steroid dienone is 1. The molecule has 17 heavy (non-hydrogen) atoms. The highest BCUT2D eigenvalue weighted by molar-refractivity contribution is 4.97. The molecule has 1 aliphatic rings. The van der Waals surface area contributed by atoms with Crippen molar-refractivity contribution in [2.45, 2.75) is 64.5 Å². The Morgan fingerprint density at radius 1 is 1.29 bits per heavy atom. The Hall–Kier alpha value is -0.340. The maximum atomic E-state index is 4.01. The number of likely N-dealkylation sites (tertiary alicyclic amines) is 1. The number of hydrogen-bond acceptors (Lipinski definition) is 2. The van der Waals surface area contributed by atoms with Crippen LogP contribution in [-0.4, -0.2) is 36.6 Å². The maximum Gasteiger partial charge on any atom is 0.0306 e. The third-order valence-electron chi connectivity index (χ3n) is 4.23. The SMILES string of the molecule is C=C(C)CCC(NC)C(C)(C)N1CCCCC1. The van der Waals surface area contributed by atoms with Crippen molar-refractivity contribution in [2.75, 3.05) is 20.1 Å². The summed E-state index contributed by atoms with van der Waals surface area (Å²) in [6.45, 7) is 13.4. The lowest BCUT2D eigenvalue weighted by Gasteiger charge is -2.46. The Balaban J connectivity index is 2.59. The molecular weight excluding hydrogens is 208 g/mol. The normalized spacial score (nSPS) is 20.2. The van der Waals surface area contributed by atoms with Crippen LogP contribution < -0.4 is 5.32 Å². The second-order valence-corrected chi connectivity index (χ2v) is 6.04. The zero-order valence-electron chi connectivity index (χ0n) is 12.2. The summed E-state index contributed by atoms with van der Waals surface area (Å²) >= 11 is 0. The van der Waals surface area contributed by atoms with Crippen LogP contribution in [0.3, 0.4) is 0 Å². The van der Waals surface area contributed by atoms with Gasteiger partial charge in [0.1, 0.15) is 0 Å². The molecule has 1 aliphatic heterocycles. The van der Waals surface area contributed by atoms with E-state index in [4.69, 9.17) is 0 Å². The third-order valence-corrected chi connectivity index (χ3v) is 4.23. The number of rotatable bonds is 6. The van der Waals surface area contributed by atoms with Gasteiger partial charge in [-0.25, -0.2) is 0 Å². The molecule has 1 rings (SSSR count). The molecule has 100 valence electrons. The largest absolute Gasteiger partial charge is 0.315 e. The van der Waals surface area contributed by atoms with Crippen molar-refractivity contribution in [3.05, 3.63) is 12.2 Å². The Labute approximate surface area is 107 Å². The van der Waals surface area contributed by atoms with Gasteiger partial charge in [-0.1, -0.05) is 12.0 Å². The van der Waals surface area contributed by atoms with Crippen LogP contribution in [0.5, 0.6) is 0 Å². The summed E-state index contributed by atoms with van der Waals surface area (Å²) in [7, 11) is 2.09. The number of likely N-dealkylation sites (N-methyl/N-ethyl adjacent to an activating group) is 1. The summed E-state index contributed by atoms with van der Waals surface area (Å²) in [4.78, 5) is 2.66. The summed E-state index contributed by atoms with van der Waals surface area (Å²) in [5, 5.41) is 3.51. The molecular formula is C15H30N2. The van der Waals surface area contributed by atoms with Gasteiger partial charge in [0.15, 0.2) is 0 Å². The summed E-state index contributed by atoms with van der Waals surface area (Å²) in [5.74, 6) is 0. The van der Waals surface area contributed by atoms with Crippen molar-refractivity contribution < 1.29 is 0 Å². The van der Waals surface area contributed by atoms with E-state index in [-0.39, 0.29) is 5.54 Å². The Bertz CT molecular complexity index is 239. The van der Waals surface area contributed by atoms with E-state index in [1.807, 2.05) is 0 Å². The summed E-state index contributed by atoms with van der Waals surface area (Å²) in [5.41, 5.74) is 1.55. The van der Waals surface area contributed by atoms with Crippen LogP contribution in [0.4, 0.5) is 0 Å². The number of piperidine rings is 1. The Kier molecular flexibility index (Phi) is 5.68. The highest BCUT2D eigenvalue weighted by atomic mass is 15.2. The number of nitrogens with zero attached hydrogens (tertiary/aromatic N) is 1. The van der Waals surface area contributed by atoms with Crippen LogP contribution in [-0.2, 0) is 0 Å². The van der Waals surface area contributed by atoms with E-state index in [1.54, 1.807) is 0 Å². The van der Waals surface area contributed by atoms with E-state index >= 15 is 0 Å². The Morgan fingerprint density at radius 3 is 2.35 bits per heavy atom. The third kappa shape index (κ3) is 4.11. The lowest BCUT2D eigenvalue weighted by atomic mass is 9.86. The molecule has 2 heteroatoms. The van der Waals surface area contributed by atoms with Crippen LogP contribution in [0.15, 0.2) is 12.2 Å². The molecule has 0 radical (unpaired) electrons. The van der Waals surface area contributed by atoms with Crippen LogP contribution in [0.2, 0.25) is 0 Å². The second-order valence-electron chi connectivity index (χ2n) is 6.04. The van der Waals surface area contributed by atoms with E-state index in [1.165, 1.54) is 44.3 Å². The van der Waals surface area contributed by atoms with Crippen molar-refractivity contribution in [1.29, 1.82) is 0 Å². The molecule has 2 nitrogen and oxygen atoms in total. The minimum atomic E-state index is 0.255. The van der Waals surface area contributed by atoms with Crippen LogP contribution in [0.1, 0.15) is 52.9 Å². The smallest absolute Gasteiger partial charge is 0.0306 e. The van der Waals surface area contributed by atoms with Crippen molar-refractivity contribution in [3.8, 4) is 0 Å². The fourth-order valence-electron chi connectivity index (χ4n) is 2.93. The molecule has 1 fully saturated rings. The van der Waals surface area contributed by atoms with Gasteiger partial charge in [-0.2, -0.15) is 0 Å². The summed E-state index contributed by atoms with van der Waals surface area (Å²) in [6.07, 6.45) is 6.45. The minimum Gasteiger partial charge on any atom is -0.315 e. The molecule has 1 unspecified atom stereocenters. The van der Waals surface area contributed by atoms with Crippen molar-refractivity contribution in [2.24, 2.45) is 0 Å². The van der Waals surface area contributed by atoms with E-state index < -0.39 is 0 Å². The maximum absolute atomic E-state index is 4.01. The topological polar surface area (TPSA) is 15.3 Å². The van der Waals surface area contributed by atoms with Gasteiger partial charge in [-0.05, 0) is 66.6 Å². The lowest BCUT2D eigenvalue weighted by molar-refractivity contribution is 0.0609. The van der Waals surface area contributed by atoms with Gasteiger partial charge in [0, 0.05) is 11.6 Å². The monoisotopic (exact) mass is 238 g/mol. The van der Waals surface area contributed by atoms with Gasteiger partial charge in [0.05, 0.1) is 0 Å². The highest BCUT2D eigenvalue weighted by Crippen LogP contribution is 2.26. The zero-order valence-corrected chi connectivity index (χ0v) is 12.2. The highest BCUT2D eigenvalue weighted by Gasteiger charge is 2.34. The molecule has 0 aromatic heterocycles. The zero-order chi connectivity index (χ0) is 12.9. The summed E-state index contributed by atoms with van der Waals surface area (Å²) in [6, 6.07) is 0.553. The van der Waals surface area contributed by atoms with Gasteiger partial charge in [0.2, 0.25) is 0 Å². The summed E-state index contributed by atoms with van der Waals surface area (Å²) < 4.78 is 0. The van der Waals surface area contributed by atoms with Gasteiger partial charge in [0.25, 0.3) is 0 Å². The van der Waals surface area contributed by atoms with Crippen molar-refractivity contribution in [1.82, 2.24) is 10.2 Å². The molecule has 0 saturated carbocycles. The standard InChI is InChI=1S/C15H30N2/c1-13(2)9-10-14(16-5)15(3,4)17-11-7-6-8-12-17/h14,16H,1,6-12H2,2-5H3. The molecule has 1 saturated heterocycles. The average Bonchev–Trinajstić information content (AvgIpc) is 2.30. The second kappa shape index (κ2) is 6.55. The first-order valence-electron chi connectivity index (χ1n) is 7.05. The lowest BCUT2D eigenvalue weighted by Crippen LogP contribution is -2.58.